The van der Waals surface area contributed by atoms with Gasteiger partial charge in [0, 0.05) is 33.3 Å². The highest BCUT2D eigenvalue weighted by Gasteiger charge is 2.17. The molecule has 1 amide bonds. The van der Waals surface area contributed by atoms with Crippen LogP contribution in [0, 0.1) is 35.3 Å². The van der Waals surface area contributed by atoms with Crippen LogP contribution in [0.5, 0.6) is 0 Å². The molecular weight excluding hydrogens is 484 g/mol. The number of nitriles is 1. The number of amides is 1. The smallest absolute Gasteiger partial charge is 0.288 e. The maximum atomic E-state index is 12.6. The summed E-state index contributed by atoms with van der Waals surface area (Å²) in [5.74, 6) is -0.524. The molecule has 31 heavy (non-hydrogen) atoms. The van der Waals surface area contributed by atoms with Crippen LogP contribution in [0.3, 0.4) is 0 Å². The summed E-state index contributed by atoms with van der Waals surface area (Å²) in [7, 11) is 0. The third-order valence-corrected chi connectivity index (χ3v) is 5.40. The number of nitrogens with one attached hydrogen (secondary N) is 1. The molecule has 7 nitrogen and oxygen atoms in total. The third-order valence-electron chi connectivity index (χ3n) is 4.60. The summed E-state index contributed by atoms with van der Waals surface area (Å²) in [4.78, 5) is 23.0. The van der Waals surface area contributed by atoms with Gasteiger partial charge in [-0.25, -0.2) is 0 Å². The monoisotopic (exact) mass is 498 g/mol. The maximum absolute atomic E-state index is 12.6. The quantitative estimate of drug-likeness (QED) is 0.202. The van der Waals surface area contributed by atoms with Gasteiger partial charge in [-0.1, -0.05) is 33.6 Å². The fourth-order valence-corrected chi connectivity index (χ4v) is 3.83. The van der Waals surface area contributed by atoms with Gasteiger partial charge in [-0.2, -0.15) is 5.26 Å². The molecule has 156 valence electrons. The normalized spacial score (nSPS) is 11.1. The highest BCUT2D eigenvalue weighted by atomic mass is 79.9. The van der Waals surface area contributed by atoms with E-state index in [4.69, 9.17) is 11.6 Å². The number of anilines is 1. The van der Waals surface area contributed by atoms with Crippen molar-refractivity contribution in [1.82, 2.24) is 4.57 Å². The number of nitro benzene ring substituents is 1. The lowest BCUT2D eigenvalue weighted by Gasteiger charge is -2.10. The summed E-state index contributed by atoms with van der Waals surface area (Å²) in [6.07, 6.45) is 1.51. The van der Waals surface area contributed by atoms with Crippen molar-refractivity contribution in [3.8, 4) is 11.8 Å². The number of benzene rings is 2. The van der Waals surface area contributed by atoms with Gasteiger partial charge in [0.15, 0.2) is 0 Å². The second-order valence-corrected chi connectivity index (χ2v) is 8.01. The lowest BCUT2D eigenvalue weighted by Crippen LogP contribution is -2.13. The van der Waals surface area contributed by atoms with Crippen LogP contribution in [0.2, 0.25) is 5.02 Å². The van der Waals surface area contributed by atoms with E-state index >= 15 is 0 Å². The van der Waals surface area contributed by atoms with E-state index < -0.39 is 10.8 Å². The molecule has 0 aliphatic rings. The molecule has 3 aromatic rings. The second kappa shape index (κ2) is 9.16. The summed E-state index contributed by atoms with van der Waals surface area (Å²) in [5, 5.41) is 23.3. The van der Waals surface area contributed by atoms with Crippen LogP contribution in [0.4, 0.5) is 11.4 Å². The van der Waals surface area contributed by atoms with E-state index in [1.807, 2.05) is 36.6 Å². The molecule has 0 radical (unpaired) electrons. The van der Waals surface area contributed by atoms with Crippen LogP contribution in [-0.4, -0.2) is 15.4 Å². The zero-order chi connectivity index (χ0) is 22.7. The van der Waals surface area contributed by atoms with Crippen molar-refractivity contribution in [3.05, 3.63) is 90.7 Å². The number of aromatic nitrogens is 1. The molecule has 0 spiro atoms. The summed E-state index contributed by atoms with van der Waals surface area (Å²) in [6, 6.07) is 15.3. The lowest BCUT2D eigenvalue weighted by atomic mass is 10.1. The Kier molecular flexibility index (Phi) is 6.59. The molecule has 2 aromatic carbocycles. The number of carbonyl (C=O) groups excluding carboxylic acids is 1. The number of nitro groups is 1. The van der Waals surface area contributed by atoms with Crippen LogP contribution in [0.25, 0.3) is 11.8 Å². The Labute approximate surface area is 191 Å². The Morgan fingerprint density at radius 2 is 2.00 bits per heavy atom. The Balaban J connectivity index is 1.96. The van der Waals surface area contributed by atoms with Gasteiger partial charge < -0.3 is 9.88 Å². The van der Waals surface area contributed by atoms with Gasteiger partial charge in [-0.3, -0.25) is 14.9 Å². The molecule has 0 fully saturated rings. The molecule has 9 heteroatoms. The van der Waals surface area contributed by atoms with E-state index in [0.717, 1.165) is 15.9 Å². The number of hydrogen-bond acceptors (Lipinski definition) is 4. The molecule has 0 unspecified atom stereocenters. The van der Waals surface area contributed by atoms with Crippen LogP contribution >= 0.6 is 27.5 Å². The largest absolute Gasteiger partial charge is 0.321 e. The molecule has 0 saturated heterocycles. The minimum absolute atomic E-state index is 0.0261. The minimum atomic E-state index is -0.543. The fraction of sp³-hybridized carbons (Fsp3) is 0.0909. The van der Waals surface area contributed by atoms with Crippen molar-refractivity contribution in [2.24, 2.45) is 0 Å². The van der Waals surface area contributed by atoms with Gasteiger partial charge >= 0.3 is 0 Å². The molecule has 0 bridgehead atoms. The Hall–Kier alpha value is -3.41. The minimum Gasteiger partial charge on any atom is -0.321 e. The third kappa shape index (κ3) is 4.85. The molecule has 3 rings (SSSR count). The number of halogens is 2. The van der Waals surface area contributed by atoms with E-state index in [2.05, 4.69) is 21.2 Å². The molecule has 0 atom stereocenters. The zero-order valence-corrected chi connectivity index (χ0v) is 18.9. The van der Waals surface area contributed by atoms with E-state index in [1.165, 1.54) is 18.2 Å². The van der Waals surface area contributed by atoms with E-state index in [-0.39, 0.29) is 16.3 Å². The van der Waals surface area contributed by atoms with Crippen molar-refractivity contribution >= 4 is 50.9 Å². The van der Waals surface area contributed by atoms with Crippen molar-refractivity contribution in [3.63, 3.8) is 0 Å². The predicted molar refractivity (Wildman–Crippen MR) is 123 cm³/mol. The summed E-state index contributed by atoms with van der Waals surface area (Å²) >= 11 is 9.40. The average Bonchev–Trinajstić information content (AvgIpc) is 2.98. The van der Waals surface area contributed by atoms with Gasteiger partial charge in [0.25, 0.3) is 11.6 Å². The maximum Gasteiger partial charge on any atom is 0.288 e. The molecular formula is C22H16BrClN4O3. The van der Waals surface area contributed by atoms with Gasteiger partial charge in [0.05, 0.1) is 4.92 Å². The Bertz CT molecular complexity index is 1270. The van der Waals surface area contributed by atoms with Crippen molar-refractivity contribution in [1.29, 1.82) is 5.26 Å². The van der Waals surface area contributed by atoms with Gasteiger partial charge in [0.1, 0.15) is 16.7 Å². The van der Waals surface area contributed by atoms with E-state index in [9.17, 15) is 20.2 Å². The Morgan fingerprint density at radius 1 is 1.26 bits per heavy atom. The van der Waals surface area contributed by atoms with Crippen molar-refractivity contribution < 1.29 is 9.72 Å². The number of carbonyl (C=O) groups is 1. The molecule has 0 saturated carbocycles. The van der Waals surface area contributed by atoms with Crippen molar-refractivity contribution in [2.75, 3.05) is 5.32 Å². The standard InChI is InChI=1S/C22H16BrClN4O3/c1-13-8-15(9-16(12-25)22(29)26-18-5-3-4-17(23)10-18)14(2)27(13)19-6-7-21(28(30)31)20(24)11-19/h3-11H,1-2H3,(H,26,29)/b16-9-. The number of hydrogen-bond donors (Lipinski definition) is 1. The number of nitrogens with zero attached hydrogens (tertiary/aromatic N) is 3. The lowest BCUT2D eigenvalue weighted by molar-refractivity contribution is -0.384. The van der Waals surface area contributed by atoms with Crippen LogP contribution in [0.1, 0.15) is 17.0 Å². The summed E-state index contributed by atoms with van der Waals surface area (Å²) < 4.78 is 2.65. The first kappa shape index (κ1) is 22.3. The van der Waals surface area contributed by atoms with E-state index in [0.29, 0.717) is 16.9 Å². The van der Waals surface area contributed by atoms with Gasteiger partial charge in [0.2, 0.25) is 0 Å². The first-order valence-electron chi connectivity index (χ1n) is 9.03. The van der Waals surface area contributed by atoms with Gasteiger partial charge in [-0.15, -0.1) is 0 Å². The summed E-state index contributed by atoms with van der Waals surface area (Å²) in [5.41, 5.74) is 3.22. The SMILES string of the molecule is Cc1cc(/C=C(/C#N)C(=O)Nc2cccc(Br)c2)c(C)n1-c1ccc([N+](=O)[O-])c(Cl)c1. The Morgan fingerprint density at radius 3 is 2.61 bits per heavy atom. The first-order valence-corrected chi connectivity index (χ1v) is 10.2. The molecule has 0 aliphatic heterocycles. The van der Waals surface area contributed by atoms with Crippen molar-refractivity contribution in [2.45, 2.75) is 13.8 Å². The predicted octanol–water partition coefficient (Wildman–Crippen LogP) is 5.96. The topological polar surface area (TPSA) is 101 Å². The second-order valence-electron chi connectivity index (χ2n) is 6.69. The molecule has 1 aromatic heterocycles. The fourth-order valence-electron chi connectivity index (χ4n) is 3.18. The number of aryl methyl sites for hydroxylation is 1. The highest BCUT2D eigenvalue weighted by Crippen LogP contribution is 2.30. The van der Waals surface area contributed by atoms with Gasteiger partial charge in [-0.05, 0) is 61.9 Å². The summed E-state index contributed by atoms with van der Waals surface area (Å²) in [6.45, 7) is 3.68. The first-order chi connectivity index (χ1) is 14.7. The van der Waals surface area contributed by atoms with Crippen LogP contribution in [0.15, 0.2) is 58.6 Å². The van der Waals surface area contributed by atoms with Crippen LogP contribution in [-0.2, 0) is 4.79 Å². The van der Waals surface area contributed by atoms with Crippen LogP contribution < -0.4 is 5.32 Å². The number of rotatable bonds is 5. The highest BCUT2D eigenvalue weighted by molar-refractivity contribution is 9.10. The zero-order valence-electron chi connectivity index (χ0n) is 16.5. The average molecular weight is 500 g/mol. The van der Waals surface area contributed by atoms with E-state index in [1.54, 1.807) is 24.3 Å². The molecule has 0 aliphatic carbocycles. The molecule has 1 N–H and O–H groups in total. The molecule has 1 heterocycles.